The van der Waals surface area contributed by atoms with Crippen molar-refractivity contribution in [1.82, 2.24) is 10.3 Å². The topological polar surface area (TPSA) is 46.6 Å². The van der Waals surface area contributed by atoms with Crippen molar-refractivity contribution in [2.75, 3.05) is 32.7 Å². The van der Waals surface area contributed by atoms with Gasteiger partial charge in [0.25, 0.3) is 0 Å². The fraction of sp³-hybridized carbons (Fsp3) is 0.750. The van der Waals surface area contributed by atoms with Crippen molar-refractivity contribution in [3.63, 3.8) is 0 Å². The Bertz CT molecular complexity index is 395. The highest BCUT2D eigenvalue weighted by Gasteiger charge is 2.24. The van der Waals surface area contributed by atoms with Crippen molar-refractivity contribution in [2.45, 2.75) is 32.0 Å². The second kappa shape index (κ2) is 5.86. The lowest BCUT2D eigenvalue weighted by atomic mass is 10.1. The summed E-state index contributed by atoms with van der Waals surface area (Å²) in [5, 5.41) is 4.49. The predicted octanol–water partition coefficient (Wildman–Crippen LogP) is 1.48. The summed E-state index contributed by atoms with van der Waals surface area (Å²) in [6, 6.07) is 0.430. The third-order valence-corrected chi connectivity index (χ3v) is 4.33. The first kappa shape index (κ1) is 13.6. The molecule has 0 radical (unpaired) electrons. The Morgan fingerprint density at radius 1 is 1.56 bits per heavy atom. The number of rotatable bonds is 5. The number of methoxy groups -OCH3 is 1. The Labute approximate surface area is 112 Å². The maximum atomic E-state index is 5.54. The molecule has 1 fully saturated rings. The molecular formula is C12H21N3O2S. The standard InChI is InChI=1S/C12H21N3O2S/c1-8-9(5-6-17-8)13-7-10-11(16-4)14-12(18-10)15(2)3/h8-9,13H,5-7H2,1-4H3. The van der Waals surface area contributed by atoms with E-state index in [0.29, 0.717) is 6.04 Å². The highest BCUT2D eigenvalue weighted by atomic mass is 32.1. The first-order valence-electron chi connectivity index (χ1n) is 6.17. The van der Waals surface area contributed by atoms with E-state index in [1.807, 2.05) is 19.0 Å². The van der Waals surface area contributed by atoms with Crippen LogP contribution in [0.25, 0.3) is 0 Å². The third-order valence-electron chi connectivity index (χ3n) is 3.13. The molecule has 2 atom stereocenters. The molecule has 1 saturated heterocycles. The average Bonchev–Trinajstić information content (AvgIpc) is 2.92. The molecule has 1 aromatic heterocycles. The Hall–Kier alpha value is -0.850. The van der Waals surface area contributed by atoms with Gasteiger partial charge in [0.05, 0.1) is 18.1 Å². The van der Waals surface area contributed by atoms with Crippen LogP contribution < -0.4 is 15.0 Å². The molecule has 1 aromatic rings. The smallest absolute Gasteiger partial charge is 0.230 e. The largest absolute Gasteiger partial charge is 0.480 e. The number of hydrogen-bond acceptors (Lipinski definition) is 6. The van der Waals surface area contributed by atoms with E-state index in [-0.39, 0.29) is 6.10 Å². The van der Waals surface area contributed by atoms with Crippen LogP contribution in [-0.2, 0) is 11.3 Å². The zero-order valence-electron chi connectivity index (χ0n) is 11.4. The molecule has 0 spiro atoms. The molecule has 2 unspecified atom stereocenters. The lowest BCUT2D eigenvalue weighted by Gasteiger charge is -2.15. The van der Waals surface area contributed by atoms with Gasteiger partial charge in [-0.2, -0.15) is 4.98 Å². The van der Waals surface area contributed by atoms with E-state index in [9.17, 15) is 0 Å². The molecule has 1 N–H and O–H groups in total. The van der Waals surface area contributed by atoms with Crippen LogP contribution in [0.5, 0.6) is 5.88 Å². The number of aromatic nitrogens is 1. The summed E-state index contributed by atoms with van der Waals surface area (Å²) < 4.78 is 10.9. The molecule has 0 saturated carbocycles. The van der Waals surface area contributed by atoms with Gasteiger partial charge in [-0.1, -0.05) is 11.3 Å². The summed E-state index contributed by atoms with van der Waals surface area (Å²) in [4.78, 5) is 7.58. The maximum absolute atomic E-state index is 5.54. The van der Waals surface area contributed by atoms with E-state index in [2.05, 4.69) is 17.2 Å². The van der Waals surface area contributed by atoms with Crippen LogP contribution in [0.3, 0.4) is 0 Å². The number of nitrogens with one attached hydrogen (secondary N) is 1. The Morgan fingerprint density at radius 2 is 2.33 bits per heavy atom. The third kappa shape index (κ3) is 2.93. The van der Waals surface area contributed by atoms with Gasteiger partial charge in [0, 0.05) is 33.3 Å². The van der Waals surface area contributed by atoms with Crippen molar-refractivity contribution in [1.29, 1.82) is 0 Å². The van der Waals surface area contributed by atoms with E-state index in [4.69, 9.17) is 9.47 Å². The fourth-order valence-electron chi connectivity index (χ4n) is 2.01. The van der Waals surface area contributed by atoms with Gasteiger partial charge in [-0.15, -0.1) is 0 Å². The normalized spacial score (nSPS) is 23.3. The van der Waals surface area contributed by atoms with E-state index in [1.165, 1.54) is 0 Å². The van der Waals surface area contributed by atoms with Crippen LogP contribution in [0.2, 0.25) is 0 Å². The Kier molecular flexibility index (Phi) is 4.42. The van der Waals surface area contributed by atoms with Crippen LogP contribution in [0.15, 0.2) is 0 Å². The molecule has 2 rings (SSSR count). The lowest BCUT2D eigenvalue weighted by Crippen LogP contribution is -2.33. The number of hydrogen-bond donors (Lipinski definition) is 1. The molecule has 6 heteroatoms. The molecule has 0 bridgehead atoms. The fourth-order valence-corrected chi connectivity index (χ4v) is 2.92. The van der Waals surface area contributed by atoms with Crippen molar-refractivity contribution in [2.24, 2.45) is 0 Å². The monoisotopic (exact) mass is 271 g/mol. The van der Waals surface area contributed by atoms with Gasteiger partial charge in [0.15, 0.2) is 5.13 Å². The summed E-state index contributed by atoms with van der Waals surface area (Å²) in [5.41, 5.74) is 0. The van der Waals surface area contributed by atoms with Crippen LogP contribution >= 0.6 is 11.3 Å². The average molecular weight is 271 g/mol. The maximum Gasteiger partial charge on any atom is 0.230 e. The number of anilines is 1. The van der Waals surface area contributed by atoms with Crippen LogP contribution in [0.4, 0.5) is 5.13 Å². The van der Waals surface area contributed by atoms with Gasteiger partial charge in [0.1, 0.15) is 0 Å². The first-order chi connectivity index (χ1) is 8.61. The highest BCUT2D eigenvalue weighted by Crippen LogP contribution is 2.30. The van der Waals surface area contributed by atoms with Gasteiger partial charge in [-0.05, 0) is 13.3 Å². The molecule has 5 nitrogen and oxygen atoms in total. The molecule has 18 heavy (non-hydrogen) atoms. The van der Waals surface area contributed by atoms with E-state index in [1.54, 1.807) is 18.4 Å². The molecule has 0 aliphatic carbocycles. The van der Waals surface area contributed by atoms with Crippen LogP contribution in [0.1, 0.15) is 18.2 Å². The Balaban J connectivity index is 1.99. The molecule has 0 amide bonds. The molecule has 0 aromatic carbocycles. The van der Waals surface area contributed by atoms with Crippen molar-refractivity contribution in [3.05, 3.63) is 4.88 Å². The number of thiazole rings is 1. The predicted molar refractivity (Wildman–Crippen MR) is 73.7 cm³/mol. The summed E-state index contributed by atoms with van der Waals surface area (Å²) in [7, 11) is 5.64. The van der Waals surface area contributed by atoms with E-state index >= 15 is 0 Å². The van der Waals surface area contributed by atoms with Gasteiger partial charge < -0.3 is 19.7 Å². The highest BCUT2D eigenvalue weighted by molar-refractivity contribution is 7.15. The van der Waals surface area contributed by atoms with Crippen molar-refractivity contribution >= 4 is 16.5 Å². The van der Waals surface area contributed by atoms with Crippen molar-refractivity contribution in [3.8, 4) is 5.88 Å². The van der Waals surface area contributed by atoms with Crippen molar-refractivity contribution < 1.29 is 9.47 Å². The number of nitrogens with zero attached hydrogens (tertiary/aromatic N) is 2. The SMILES string of the molecule is COc1nc(N(C)C)sc1CNC1CCOC1C. The van der Waals surface area contributed by atoms with Gasteiger partial charge in [0.2, 0.25) is 5.88 Å². The first-order valence-corrected chi connectivity index (χ1v) is 6.99. The molecular weight excluding hydrogens is 250 g/mol. The molecule has 2 heterocycles. The van der Waals surface area contributed by atoms with Crippen LogP contribution in [-0.4, -0.2) is 44.9 Å². The zero-order chi connectivity index (χ0) is 13.1. The zero-order valence-corrected chi connectivity index (χ0v) is 12.2. The quantitative estimate of drug-likeness (QED) is 0.879. The second-order valence-corrected chi connectivity index (χ2v) is 5.74. The summed E-state index contributed by atoms with van der Waals surface area (Å²) in [6.07, 6.45) is 1.36. The van der Waals surface area contributed by atoms with E-state index < -0.39 is 0 Å². The molecule has 1 aliphatic heterocycles. The molecule has 1 aliphatic rings. The van der Waals surface area contributed by atoms with E-state index in [0.717, 1.165) is 35.5 Å². The summed E-state index contributed by atoms with van der Waals surface area (Å²) in [6.45, 7) is 3.74. The summed E-state index contributed by atoms with van der Waals surface area (Å²) in [5.74, 6) is 0.725. The van der Waals surface area contributed by atoms with Crippen LogP contribution in [0, 0.1) is 0 Å². The minimum atomic E-state index is 0.289. The van der Waals surface area contributed by atoms with Gasteiger partial charge in [-0.25, -0.2) is 0 Å². The Morgan fingerprint density at radius 3 is 2.89 bits per heavy atom. The summed E-state index contributed by atoms with van der Waals surface area (Å²) >= 11 is 1.66. The van der Waals surface area contributed by atoms with Gasteiger partial charge in [-0.3, -0.25) is 0 Å². The molecule has 102 valence electrons. The lowest BCUT2D eigenvalue weighted by molar-refractivity contribution is 0.113. The van der Waals surface area contributed by atoms with Gasteiger partial charge >= 0.3 is 0 Å². The number of ether oxygens (including phenoxy) is 2. The minimum Gasteiger partial charge on any atom is -0.480 e. The minimum absolute atomic E-state index is 0.289. The second-order valence-electron chi connectivity index (χ2n) is 4.68.